The zero-order valence-corrected chi connectivity index (χ0v) is 21.0. The highest BCUT2D eigenvalue weighted by atomic mass is 16.7. The van der Waals surface area contributed by atoms with Crippen molar-refractivity contribution in [3.8, 4) is 0 Å². The second-order valence-electron chi connectivity index (χ2n) is 10.5. The van der Waals surface area contributed by atoms with E-state index in [1.54, 1.807) is 0 Å². The van der Waals surface area contributed by atoms with Crippen LogP contribution in [0.4, 0.5) is 0 Å². The molecular weight excluding hydrogens is 516 g/mol. The average molecular weight is 553 g/mol. The summed E-state index contributed by atoms with van der Waals surface area (Å²) >= 11 is 0. The molecule has 4 rings (SSSR count). The molecule has 218 valence electrons. The van der Waals surface area contributed by atoms with E-state index >= 15 is 0 Å². The summed E-state index contributed by atoms with van der Waals surface area (Å²) in [4.78, 5) is 25.6. The summed E-state index contributed by atoms with van der Waals surface area (Å²) in [6.07, 6.45) is -17.0. The van der Waals surface area contributed by atoms with Crippen LogP contribution in [0.15, 0.2) is 0 Å². The maximum absolute atomic E-state index is 12.9. The molecule has 0 bridgehead atoms. The van der Waals surface area contributed by atoms with Crippen molar-refractivity contribution in [2.75, 3.05) is 14.2 Å². The normalized spacial score (nSPS) is 51.1. The quantitative estimate of drug-likeness (QED) is 0.109. The SMILES string of the molecule is COC(=O)C1CC2C(O[C@H]3OC(C)C(O)C(O)C3O)C[C@]2(OC(O)C2C(O)C(O)C(O)C2O)C1C(=O)OC. The number of esters is 2. The molecule has 0 spiro atoms. The highest BCUT2D eigenvalue weighted by Gasteiger charge is 2.72. The number of hydrogen-bond donors (Lipinski definition) is 8. The van der Waals surface area contributed by atoms with Crippen molar-refractivity contribution >= 4 is 11.9 Å². The Bertz CT molecular complexity index is 873. The number of aliphatic hydroxyl groups is 8. The second-order valence-corrected chi connectivity index (χ2v) is 10.5. The maximum atomic E-state index is 12.9. The number of rotatable bonds is 7. The maximum Gasteiger partial charge on any atom is 0.312 e. The minimum Gasteiger partial charge on any atom is -0.469 e. The Morgan fingerprint density at radius 1 is 0.842 bits per heavy atom. The third-order valence-corrected chi connectivity index (χ3v) is 8.62. The van der Waals surface area contributed by atoms with E-state index in [2.05, 4.69) is 0 Å². The van der Waals surface area contributed by atoms with E-state index in [0.29, 0.717) is 0 Å². The minimum absolute atomic E-state index is 0.0472. The van der Waals surface area contributed by atoms with Gasteiger partial charge in [-0.15, -0.1) is 0 Å². The molecule has 4 aliphatic rings. The summed E-state index contributed by atoms with van der Waals surface area (Å²) in [7, 11) is 2.22. The van der Waals surface area contributed by atoms with Crippen LogP contribution in [-0.2, 0) is 33.3 Å². The van der Waals surface area contributed by atoms with Gasteiger partial charge < -0.3 is 64.5 Å². The molecule has 15 heteroatoms. The molecule has 38 heavy (non-hydrogen) atoms. The first kappa shape index (κ1) is 29.5. The van der Waals surface area contributed by atoms with Gasteiger partial charge in [-0.05, 0) is 13.3 Å². The van der Waals surface area contributed by atoms with Crippen molar-refractivity contribution in [2.45, 2.75) is 92.9 Å². The van der Waals surface area contributed by atoms with Crippen LogP contribution in [0, 0.1) is 23.7 Å². The van der Waals surface area contributed by atoms with Crippen LogP contribution in [0.2, 0.25) is 0 Å². The van der Waals surface area contributed by atoms with Crippen molar-refractivity contribution < 1.29 is 74.1 Å². The topological polar surface area (TPSA) is 242 Å². The average Bonchev–Trinajstić information content (AvgIpc) is 3.25. The van der Waals surface area contributed by atoms with Crippen molar-refractivity contribution in [2.24, 2.45) is 23.7 Å². The van der Waals surface area contributed by atoms with E-state index in [1.165, 1.54) is 6.92 Å². The Hall–Kier alpha value is -1.50. The zero-order valence-electron chi connectivity index (χ0n) is 21.0. The first-order chi connectivity index (χ1) is 17.8. The predicted molar refractivity (Wildman–Crippen MR) is 118 cm³/mol. The molecule has 0 aromatic carbocycles. The van der Waals surface area contributed by atoms with Crippen LogP contribution in [-0.4, -0.2) is 140 Å². The number of ether oxygens (including phenoxy) is 5. The summed E-state index contributed by atoms with van der Waals surface area (Å²) in [5, 5.41) is 81.8. The fraction of sp³-hybridized carbons (Fsp3) is 0.913. The number of hydrogen-bond acceptors (Lipinski definition) is 15. The van der Waals surface area contributed by atoms with Crippen LogP contribution in [0.25, 0.3) is 0 Å². The smallest absolute Gasteiger partial charge is 0.312 e. The second kappa shape index (κ2) is 10.8. The number of carbonyl (C=O) groups is 2. The number of carbonyl (C=O) groups excluding carboxylic acids is 2. The van der Waals surface area contributed by atoms with Crippen molar-refractivity contribution in [1.82, 2.24) is 0 Å². The lowest BCUT2D eigenvalue weighted by Crippen LogP contribution is -2.66. The summed E-state index contributed by atoms with van der Waals surface area (Å²) in [5.41, 5.74) is -1.64. The Labute approximate surface area is 217 Å². The molecule has 0 amide bonds. The lowest BCUT2D eigenvalue weighted by Gasteiger charge is -2.55. The number of methoxy groups -OCH3 is 2. The van der Waals surface area contributed by atoms with Crippen LogP contribution < -0.4 is 0 Å². The van der Waals surface area contributed by atoms with Crippen molar-refractivity contribution in [3.05, 3.63) is 0 Å². The van der Waals surface area contributed by atoms with Gasteiger partial charge in [-0.3, -0.25) is 9.59 Å². The molecule has 4 fully saturated rings. The zero-order chi connectivity index (χ0) is 28.3. The van der Waals surface area contributed by atoms with E-state index in [-0.39, 0.29) is 12.8 Å². The van der Waals surface area contributed by atoms with Crippen molar-refractivity contribution in [3.63, 3.8) is 0 Å². The largest absolute Gasteiger partial charge is 0.469 e. The predicted octanol–water partition coefficient (Wildman–Crippen LogP) is -4.65. The molecular formula is C23H36O15. The summed E-state index contributed by atoms with van der Waals surface area (Å²) in [6.45, 7) is 1.47. The fourth-order valence-electron chi connectivity index (χ4n) is 6.45. The Balaban J connectivity index is 1.62. The lowest BCUT2D eigenvalue weighted by atomic mass is 9.65. The molecule has 3 aliphatic carbocycles. The van der Waals surface area contributed by atoms with Gasteiger partial charge in [0.15, 0.2) is 12.6 Å². The van der Waals surface area contributed by atoms with Gasteiger partial charge in [-0.2, -0.15) is 0 Å². The standard InChI is InChI=1S/C23H36O15/c1-6-12(24)15(27)18(30)22(36-6)37-9-5-23(38-20(32)10-13(25)16(28)17(29)14(10)26)8(9)4-7(19(31)34-2)11(23)21(33)35-3/h6-18,20,22,24-30,32H,4-5H2,1-3H3/t6?,7?,8?,9?,10?,11?,12?,13?,14?,15?,16?,17?,18?,20?,22-,23-/m1/s1. The van der Waals surface area contributed by atoms with E-state index in [1.807, 2.05) is 0 Å². The van der Waals surface area contributed by atoms with Gasteiger partial charge in [-0.25, -0.2) is 0 Å². The van der Waals surface area contributed by atoms with Gasteiger partial charge in [0.25, 0.3) is 0 Å². The molecule has 1 heterocycles. The monoisotopic (exact) mass is 552 g/mol. The lowest BCUT2D eigenvalue weighted by molar-refractivity contribution is -0.351. The molecule has 15 nitrogen and oxygen atoms in total. The Morgan fingerprint density at radius 2 is 1.39 bits per heavy atom. The third kappa shape index (κ3) is 4.53. The van der Waals surface area contributed by atoms with Gasteiger partial charge in [-0.1, -0.05) is 0 Å². The van der Waals surface area contributed by atoms with Crippen LogP contribution in [0.3, 0.4) is 0 Å². The van der Waals surface area contributed by atoms with Crippen LogP contribution >= 0.6 is 0 Å². The van der Waals surface area contributed by atoms with Crippen LogP contribution in [0.5, 0.6) is 0 Å². The van der Waals surface area contributed by atoms with Crippen molar-refractivity contribution in [1.29, 1.82) is 0 Å². The summed E-state index contributed by atoms with van der Waals surface area (Å²) in [5.74, 6) is -6.41. The molecule has 15 atom stereocenters. The molecule has 13 unspecified atom stereocenters. The Kier molecular flexibility index (Phi) is 8.39. The number of aliphatic hydroxyl groups excluding tert-OH is 8. The first-order valence-electron chi connectivity index (χ1n) is 12.4. The van der Waals surface area contributed by atoms with Gasteiger partial charge in [0, 0.05) is 12.3 Å². The van der Waals surface area contributed by atoms with E-state index in [9.17, 15) is 50.4 Å². The minimum atomic E-state index is -2.01. The third-order valence-electron chi connectivity index (χ3n) is 8.62. The summed E-state index contributed by atoms with van der Waals surface area (Å²) in [6, 6.07) is 0. The van der Waals surface area contributed by atoms with Gasteiger partial charge in [0.1, 0.15) is 30.5 Å². The number of fused-ring (bicyclic) bond motifs is 1. The molecule has 1 saturated heterocycles. The highest BCUT2D eigenvalue weighted by Crippen LogP contribution is 2.61. The molecule has 8 N–H and O–H groups in total. The van der Waals surface area contributed by atoms with Crippen LogP contribution in [0.1, 0.15) is 19.8 Å². The molecule has 3 saturated carbocycles. The van der Waals surface area contributed by atoms with E-state index in [0.717, 1.165) is 14.2 Å². The van der Waals surface area contributed by atoms with Gasteiger partial charge >= 0.3 is 11.9 Å². The highest BCUT2D eigenvalue weighted by molar-refractivity contribution is 5.84. The van der Waals surface area contributed by atoms with Gasteiger partial charge in [0.2, 0.25) is 0 Å². The molecule has 0 aromatic heterocycles. The molecule has 1 aliphatic heterocycles. The summed E-state index contributed by atoms with van der Waals surface area (Å²) < 4.78 is 27.1. The Morgan fingerprint density at radius 3 is 1.95 bits per heavy atom. The molecule has 0 aromatic rings. The van der Waals surface area contributed by atoms with E-state index in [4.69, 9.17) is 23.7 Å². The van der Waals surface area contributed by atoms with E-state index < -0.39 is 109 Å². The fourth-order valence-corrected chi connectivity index (χ4v) is 6.45. The van der Waals surface area contributed by atoms with Gasteiger partial charge in [0.05, 0.1) is 62.0 Å². The molecule has 0 radical (unpaired) electrons. The first-order valence-corrected chi connectivity index (χ1v) is 12.4.